The molecule has 0 aliphatic carbocycles. The summed E-state index contributed by atoms with van der Waals surface area (Å²) in [6, 6.07) is 45.1. The van der Waals surface area contributed by atoms with Crippen molar-refractivity contribution in [3.63, 3.8) is 0 Å². The van der Waals surface area contributed by atoms with E-state index in [4.69, 9.17) is 0 Å². The van der Waals surface area contributed by atoms with Crippen LogP contribution in [-0.4, -0.2) is 0 Å². The minimum absolute atomic E-state index is 0.492. The predicted octanol–water partition coefficient (Wildman–Crippen LogP) is 10.0. The number of aryl methyl sites for hydroxylation is 2. The normalized spacial score (nSPS) is 12.7. The van der Waals surface area contributed by atoms with Gasteiger partial charge < -0.3 is 0 Å². The molecule has 0 saturated heterocycles. The first-order valence-corrected chi connectivity index (χ1v) is 13.4. The summed E-state index contributed by atoms with van der Waals surface area (Å²) >= 11 is 0. The van der Waals surface area contributed by atoms with E-state index in [-0.39, 0.29) is 0 Å². The van der Waals surface area contributed by atoms with Crippen molar-refractivity contribution in [3.05, 3.63) is 144 Å². The number of benzene rings is 7. The second-order valence-electron chi connectivity index (χ2n) is 10.5. The molecule has 1 atom stereocenters. The van der Waals surface area contributed by atoms with E-state index in [1.807, 2.05) is 0 Å². The van der Waals surface area contributed by atoms with Gasteiger partial charge in [-0.25, -0.2) is 0 Å². The summed E-state index contributed by atoms with van der Waals surface area (Å²) in [4.78, 5) is 0. The molecule has 37 heavy (non-hydrogen) atoms. The van der Waals surface area contributed by atoms with Crippen LogP contribution < -0.4 is 0 Å². The van der Waals surface area contributed by atoms with Gasteiger partial charge in [0.05, 0.1) is 0 Å². The van der Waals surface area contributed by atoms with Crippen LogP contribution in [0.4, 0.5) is 0 Å². The molecule has 0 aliphatic heterocycles. The quantitative estimate of drug-likeness (QED) is 0.166. The van der Waals surface area contributed by atoms with Crippen LogP contribution in [0.2, 0.25) is 0 Å². The Bertz CT molecular complexity index is 1820. The first-order valence-electron chi connectivity index (χ1n) is 13.4. The molecule has 0 amide bonds. The van der Waals surface area contributed by atoms with Crippen LogP contribution in [-0.2, 0) is 12.8 Å². The molecule has 0 saturated carbocycles. The zero-order valence-electron chi connectivity index (χ0n) is 21.2. The van der Waals surface area contributed by atoms with Gasteiger partial charge in [0.25, 0.3) is 0 Å². The van der Waals surface area contributed by atoms with E-state index in [0.717, 1.165) is 19.3 Å². The van der Waals surface area contributed by atoms with Crippen molar-refractivity contribution in [3.8, 4) is 0 Å². The molecule has 0 heterocycles. The fraction of sp³-hybridized carbons (Fsp3) is 0.135. The second kappa shape index (κ2) is 9.05. The summed E-state index contributed by atoms with van der Waals surface area (Å²) in [7, 11) is 0. The third kappa shape index (κ3) is 3.76. The SMILES string of the molecule is Cc1ccc2c3cccc4c(CCC(Cc5ccccc5)c5ccccc5)ccc(c5cccc1c25)c43. The highest BCUT2D eigenvalue weighted by atomic mass is 14.2. The van der Waals surface area contributed by atoms with Crippen molar-refractivity contribution >= 4 is 43.1 Å². The average molecular weight is 475 g/mol. The third-order valence-corrected chi connectivity index (χ3v) is 8.33. The fourth-order valence-corrected chi connectivity index (χ4v) is 6.48. The lowest BCUT2D eigenvalue weighted by molar-refractivity contribution is 0.622. The molecule has 0 spiro atoms. The molecule has 178 valence electrons. The minimum atomic E-state index is 0.492. The van der Waals surface area contributed by atoms with Gasteiger partial charge in [0.15, 0.2) is 0 Å². The largest absolute Gasteiger partial charge is 0.0622 e. The molecule has 0 nitrogen and oxygen atoms in total. The summed E-state index contributed by atoms with van der Waals surface area (Å²) < 4.78 is 0. The number of hydrogen-bond acceptors (Lipinski definition) is 0. The zero-order valence-corrected chi connectivity index (χ0v) is 21.2. The van der Waals surface area contributed by atoms with Gasteiger partial charge in [-0.15, -0.1) is 0 Å². The van der Waals surface area contributed by atoms with Crippen LogP contribution in [0.3, 0.4) is 0 Å². The Kier molecular flexibility index (Phi) is 5.40. The van der Waals surface area contributed by atoms with Gasteiger partial charge in [0, 0.05) is 0 Å². The summed E-state index contributed by atoms with van der Waals surface area (Å²) in [6.07, 6.45) is 3.27. The highest BCUT2D eigenvalue weighted by Gasteiger charge is 2.17. The van der Waals surface area contributed by atoms with Gasteiger partial charge in [-0.2, -0.15) is 0 Å². The van der Waals surface area contributed by atoms with Crippen LogP contribution in [0.5, 0.6) is 0 Å². The minimum Gasteiger partial charge on any atom is -0.0622 e. The molecule has 1 unspecified atom stereocenters. The Hall–Kier alpha value is -4.16. The Morgan fingerprint density at radius 3 is 1.78 bits per heavy atom. The van der Waals surface area contributed by atoms with E-state index in [9.17, 15) is 0 Å². The smallest absolute Gasteiger partial charge is 0.00236 e. The Balaban J connectivity index is 1.34. The number of fused-ring (bicyclic) bond motifs is 2. The van der Waals surface area contributed by atoms with E-state index in [1.54, 1.807) is 0 Å². The van der Waals surface area contributed by atoms with Gasteiger partial charge in [-0.3, -0.25) is 0 Å². The molecule has 7 aromatic carbocycles. The third-order valence-electron chi connectivity index (χ3n) is 8.33. The van der Waals surface area contributed by atoms with Crippen molar-refractivity contribution in [1.29, 1.82) is 0 Å². The lowest BCUT2D eigenvalue weighted by Crippen LogP contribution is -2.05. The van der Waals surface area contributed by atoms with E-state index in [2.05, 4.69) is 128 Å². The molecular formula is C37H30. The van der Waals surface area contributed by atoms with E-state index < -0.39 is 0 Å². The Morgan fingerprint density at radius 1 is 0.486 bits per heavy atom. The van der Waals surface area contributed by atoms with Gasteiger partial charge >= 0.3 is 0 Å². The number of rotatable bonds is 6. The van der Waals surface area contributed by atoms with Crippen LogP contribution in [0.25, 0.3) is 43.1 Å². The van der Waals surface area contributed by atoms with Crippen molar-refractivity contribution in [1.82, 2.24) is 0 Å². The van der Waals surface area contributed by atoms with Gasteiger partial charge in [-0.1, -0.05) is 121 Å². The maximum atomic E-state index is 2.39. The number of hydrogen-bond donors (Lipinski definition) is 0. The maximum Gasteiger partial charge on any atom is -0.00236 e. The van der Waals surface area contributed by atoms with Gasteiger partial charge in [0.2, 0.25) is 0 Å². The zero-order chi connectivity index (χ0) is 24.8. The molecule has 0 fully saturated rings. The molecular weight excluding hydrogens is 444 g/mol. The summed E-state index contributed by atoms with van der Waals surface area (Å²) in [5.74, 6) is 0.492. The van der Waals surface area contributed by atoms with Gasteiger partial charge in [0.1, 0.15) is 0 Å². The van der Waals surface area contributed by atoms with E-state index in [0.29, 0.717) is 5.92 Å². The van der Waals surface area contributed by atoms with Crippen molar-refractivity contribution in [2.45, 2.75) is 32.1 Å². The van der Waals surface area contributed by atoms with Crippen molar-refractivity contribution < 1.29 is 0 Å². The van der Waals surface area contributed by atoms with E-state index >= 15 is 0 Å². The molecule has 7 rings (SSSR count). The lowest BCUT2D eigenvalue weighted by atomic mass is 9.84. The Labute approximate surface area is 218 Å². The monoisotopic (exact) mass is 474 g/mol. The predicted molar refractivity (Wildman–Crippen MR) is 160 cm³/mol. The Morgan fingerprint density at radius 2 is 1.05 bits per heavy atom. The standard InChI is InChI=1S/C37H30/c1-25-18-22-34-33-17-9-15-31-28(21-23-35(37(31)33)32-16-8-14-30(25)36(32)34)19-20-29(27-12-6-3-7-13-27)24-26-10-4-2-5-11-26/h2-18,21-23,29H,19-20,24H2,1H3. The highest BCUT2D eigenvalue weighted by Crippen LogP contribution is 2.42. The van der Waals surface area contributed by atoms with Crippen LogP contribution in [0, 0.1) is 6.92 Å². The molecule has 7 aromatic rings. The lowest BCUT2D eigenvalue weighted by Gasteiger charge is -2.20. The fourth-order valence-electron chi connectivity index (χ4n) is 6.48. The first kappa shape index (κ1) is 22.1. The molecule has 0 radical (unpaired) electrons. The maximum absolute atomic E-state index is 2.39. The molecule has 0 bridgehead atoms. The first-order chi connectivity index (χ1) is 18.3. The van der Waals surface area contributed by atoms with Crippen LogP contribution in [0.15, 0.2) is 121 Å². The molecule has 0 aromatic heterocycles. The summed E-state index contributed by atoms with van der Waals surface area (Å²) in [5, 5.41) is 11.1. The highest BCUT2D eigenvalue weighted by molar-refractivity contribution is 6.33. The summed E-state index contributed by atoms with van der Waals surface area (Å²) in [6.45, 7) is 2.22. The molecule has 0 heteroatoms. The van der Waals surface area contributed by atoms with E-state index in [1.165, 1.54) is 65.3 Å². The van der Waals surface area contributed by atoms with Crippen LogP contribution >= 0.6 is 0 Å². The molecule has 0 N–H and O–H groups in total. The molecule has 0 aliphatic rings. The van der Waals surface area contributed by atoms with Crippen LogP contribution in [0.1, 0.15) is 34.6 Å². The topological polar surface area (TPSA) is 0 Å². The van der Waals surface area contributed by atoms with Gasteiger partial charge in [-0.05, 0) is 97.4 Å². The van der Waals surface area contributed by atoms with Crippen molar-refractivity contribution in [2.75, 3.05) is 0 Å². The summed E-state index contributed by atoms with van der Waals surface area (Å²) in [5.41, 5.74) is 5.65. The average Bonchev–Trinajstić information content (AvgIpc) is 2.96. The second-order valence-corrected chi connectivity index (χ2v) is 10.5. The van der Waals surface area contributed by atoms with Crippen molar-refractivity contribution in [2.24, 2.45) is 0 Å².